The number of hydrogen-bond donors (Lipinski definition) is 0. The Morgan fingerprint density at radius 2 is 1.52 bits per heavy atom. The lowest BCUT2D eigenvalue weighted by Crippen LogP contribution is -2.34. The van der Waals surface area contributed by atoms with E-state index in [9.17, 15) is 4.79 Å². The van der Waals surface area contributed by atoms with Crippen molar-refractivity contribution in [3.8, 4) is 5.75 Å². The molecule has 0 heterocycles. The molecule has 0 amide bonds. The molecule has 0 saturated heterocycles. The van der Waals surface area contributed by atoms with Gasteiger partial charge in [-0.15, -0.1) is 0 Å². The molecule has 0 fully saturated rings. The second-order valence-electron chi connectivity index (χ2n) is 7.30. The number of benzene rings is 2. The Morgan fingerprint density at radius 1 is 0.926 bits per heavy atom. The van der Waals surface area contributed by atoms with Crippen molar-refractivity contribution in [1.29, 1.82) is 0 Å². The van der Waals surface area contributed by atoms with Gasteiger partial charge in [-0.1, -0.05) is 48.5 Å². The van der Waals surface area contributed by atoms with Crippen molar-refractivity contribution >= 4 is 11.9 Å². The zero-order valence-corrected chi connectivity index (χ0v) is 16.8. The van der Waals surface area contributed by atoms with E-state index in [1.165, 1.54) is 0 Å². The molecule has 2 rings (SSSR count). The monoisotopic (exact) mass is 366 g/mol. The van der Waals surface area contributed by atoms with Gasteiger partial charge < -0.3 is 14.5 Å². The SMILES string of the molecule is CN(C)CC(CN(C)C)C(=O)/C=C/c1ccc(OCc2ccccc2)cc1. The van der Waals surface area contributed by atoms with Crippen LogP contribution in [0.5, 0.6) is 5.75 Å². The molecule has 0 atom stereocenters. The Bertz CT molecular complexity index is 712. The quantitative estimate of drug-likeness (QED) is 0.602. The molecule has 0 radical (unpaired) electrons. The number of ketones is 1. The summed E-state index contributed by atoms with van der Waals surface area (Å²) in [5.74, 6) is 0.946. The summed E-state index contributed by atoms with van der Waals surface area (Å²) < 4.78 is 5.80. The molecule has 0 aliphatic rings. The van der Waals surface area contributed by atoms with E-state index in [0.29, 0.717) is 6.61 Å². The molecular formula is C23H30N2O2. The van der Waals surface area contributed by atoms with Gasteiger partial charge in [-0.25, -0.2) is 0 Å². The Balaban J connectivity index is 1.92. The predicted molar refractivity (Wildman–Crippen MR) is 112 cm³/mol. The number of hydrogen-bond acceptors (Lipinski definition) is 4. The van der Waals surface area contributed by atoms with Gasteiger partial charge in [0.25, 0.3) is 0 Å². The number of carbonyl (C=O) groups is 1. The largest absolute Gasteiger partial charge is 0.489 e. The highest BCUT2D eigenvalue weighted by molar-refractivity contribution is 5.95. The zero-order valence-electron chi connectivity index (χ0n) is 16.8. The topological polar surface area (TPSA) is 32.8 Å². The molecular weight excluding hydrogens is 336 g/mol. The second-order valence-corrected chi connectivity index (χ2v) is 7.30. The number of nitrogens with zero attached hydrogens (tertiary/aromatic N) is 2. The highest BCUT2D eigenvalue weighted by Gasteiger charge is 2.17. The Kier molecular flexibility index (Phi) is 8.24. The van der Waals surface area contributed by atoms with Crippen LogP contribution in [-0.4, -0.2) is 56.9 Å². The Morgan fingerprint density at radius 3 is 2.07 bits per heavy atom. The summed E-state index contributed by atoms with van der Waals surface area (Å²) in [5, 5.41) is 0. The summed E-state index contributed by atoms with van der Waals surface area (Å²) in [4.78, 5) is 16.7. The van der Waals surface area contributed by atoms with Crippen molar-refractivity contribution in [1.82, 2.24) is 9.80 Å². The van der Waals surface area contributed by atoms with E-state index in [1.807, 2.05) is 88.9 Å². The molecule has 0 aromatic heterocycles. The molecule has 2 aromatic rings. The van der Waals surface area contributed by atoms with E-state index < -0.39 is 0 Å². The molecule has 0 aliphatic carbocycles. The van der Waals surface area contributed by atoms with Gasteiger partial charge in [-0.3, -0.25) is 4.79 Å². The number of rotatable bonds is 10. The van der Waals surface area contributed by atoms with Crippen molar-refractivity contribution in [2.75, 3.05) is 41.3 Å². The van der Waals surface area contributed by atoms with Gasteiger partial charge in [0.2, 0.25) is 0 Å². The number of carbonyl (C=O) groups excluding carboxylic acids is 1. The fourth-order valence-electron chi connectivity index (χ4n) is 2.85. The fourth-order valence-corrected chi connectivity index (χ4v) is 2.85. The molecule has 0 N–H and O–H groups in total. The van der Waals surface area contributed by atoms with Gasteiger partial charge in [-0.05, 0) is 57.5 Å². The smallest absolute Gasteiger partial charge is 0.161 e. The maximum atomic E-state index is 12.5. The van der Waals surface area contributed by atoms with E-state index in [0.717, 1.165) is 30.0 Å². The van der Waals surface area contributed by atoms with Crippen LogP contribution in [0, 0.1) is 5.92 Å². The molecule has 0 bridgehead atoms. The van der Waals surface area contributed by atoms with Gasteiger partial charge in [-0.2, -0.15) is 0 Å². The maximum Gasteiger partial charge on any atom is 0.161 e. The zero-order chi connectivity index (χ0) is 19.6. The van der Waals surface area contributed by atoms with Crippen molar-refractivity contribution in [2.24, 2.45) is 5.92 Å². The third-order valence-electron chi connectivity index (χ3n) is 4.14. The van der Waals surface area contributed by atoms with Crippen LogP contribution in [0.4, 0.5) is 0 Å². The predicted octanol–water partition coefficient (Wildman–Crippen LogP) is 3.59. The summed E-state index contributed by atoms with van der Waals surface area (Å²) in [7, 11) is 7.98. The van der Waals surface area contributed by atoms with Crippen LogP contribution in [0.3, 0.4) is 0 Å². The molecule has 4 heteroatoms. The lowest BCUT2D eigenvalue weighted by atomic mass is 10.0. The summed E-state index contributed by atoms with van der Waals surface area (Å²) in [6, 6.07) is 17.9. The first-order valence-corrected chi connectivity index (χ1v) is 9.22. The van der Waals surface area contributed by atoms with Crippen LogP contribution in [0.15, 0.2) is 60.7 Å². The Hall–Kier alpha value is -2.43. The first kappa shape index (κ1) is 20.9. The van der Waals surface area contributed by atoms with Crippen LogP contribution < -0.4 is 4.74 Å². The standard InChI is InChI=1S/C23H30N2O2/c1-24(2)16-21(17-25(3)4)23(26)15-12-19-10-13-22(14-11-19)27-18-20-8-6-5-7-9-20/h5-15,21H,16-18H2,1-4H3/b15-12+. The average molecular weight is 367 g/mol. The van der Waals surface area contributed by atoms with Crippen molar-refractivity contribution in [2.45, 2.75) is 6.61 Å². The molecule has 144 valence electrons. The van der Waals surface area contributed by atoms with E-state index in [2.05, 4.69) is 9.80 Å². The summed E-state index contributed by atoms with van der Waals surface area (Å²) in [6.07, 6.45) is 3.57. The highest BCUT2D eigenvalue weighted by Crippen LogP contribution is 2.15. The van der Waals surface area contributed by atoms with E-state index >= 15 is 0 Å². The minimum absolute atomic E-state index is 0.0280. The minimum atomic E-state index is -0.0280. The van der Waals surface area contributed by atoms with E-state index in [1.54, 1.807) is 6.08 Å². The normalized spacial score (nSPS) is 11.7. The molecule has 2 aromatic carbocycles. The molecule has 0 saturated carbocycles. The third-order valence-corrected chi connectivity index (χ3v) is 4.14. The van der Waals surface area contributed by atoms with Gasteiger partial charge in [0.1, 0.15) is 12.4 Å². The van der Waals surface area contributed by atoms with Crippen molar-refractivity contribution in [3.63, 3.8) is 0 Å². The lowest BCUT2D eigenvalue weighted by molar-refractivity contribution is -0.119. The average Bonchev–Trinajstić information content (AvgIpc) is 2.65. The van der Waals surface area contributed by atoms with E-state index in [-0.39, 0.29) is 11.7 Å². The lowest BCUT2D eigenvalue weighted by Gasteiger charge is -2.22. The van der Waals surface area contributed by atoms with Gasteiger partial charge in [0.15, 0.2) is 5.78 Å². The maximum absolute atomic E-state index is 12.5. The molecule has 0 spiro atoms. The van der Waals surface area contributed by atoms with Crippen LogP contribution >= 0.6 is 0 Å². The molecule has 0 aliphatic heterocycles. The third kappa shape index (κ3) is 7.77. The van der Waals surface area contributed by atoms with Gasteiger partial charge in [0.05, 0.1) is 0 Å². The van der Waals surface area contributed by atoms with Crippen molar-refractivity contribution in [3.05, 3.63) is 71.8 Å². The summed E-state index contributed by atoms with van der Waals surface area (Å²) in [5.41, 5.74) is 2.13. The number of ether oxygens (including phenoxy) is 1. The van der Waals surface area contributed by atoms with Crippen LogP contribution in [-0.2, 0) is 11.4 Å². The molecule has 0 unspecified atom stereocenters. The fraction of sp³-hybridized carbons (Fsp3) is 0.348. The minimum Gasteiger partial charge on any atom is -0.489 e. The van der Waals surface area contributed by atoms with E-state index in [4.69, 9.17) is 4.74 Å². The highest BCUT2D eigenvalue weighted by atomic mass is 16.5. The first-order valence-electron chi connectivity index (χ1n) is 9.22. The summed E-state index contributed by atoms with van der Waals surface area (Å²) >= 11 is 0. The summed E-state index contributed by atoms with van der Waals surface area (Å²) in [6.45, 7) is 2.03. The first-order chi connectivity index (χ1) is 12.9. The van der Waals surface area contributed by atoms with Crippen LogP contribution in [0.25, 0.3) is 6.08 Å². The van der Waals surface area contributed by atoms with Gasteiger partial charge in [0, 0.05) is 19.0 Å². The van der Waals surface area contributed by atoms with Crippen molar-refractivity contribution < 1.29 is 9.53 Å². The van der Waals surface area contributed by atoms with Crippen LogP contribution in [0.2, 0.25) is 0 Å². The second kappa shape index (κ2) is 10.7. The molecule has 4 nitrogen and oxygen atoms in total. The van der Waals surface area contributed by atoms with Crippen LogP contribution in [0.1, 0.15) is 11.1 Å². The van der Waals surface area contributed by atoms with Gasteiger partial charge >= 0.3 is 0 Å². The number of allylic oxidation sites excluding steroid dienone is 1. The Labute approximate surface area is 163 Å². The molecule has 27 heavy (non-hydrogen) atoms.